The number of rotatable bonds is 0. The molecule has 3 atom stereocenters. The van der Waals surface area contributed by atoms with E-state index in [2.05, 4.69) is 6.08 Å². The Labute approximate surface area is 83.3 Å². The zero-order valence-corrected chi connectivity index (χ0v) is 8.07. The maximum atomic E-state index is 11.5. The van der Waals surface area contributed by atoms with Crippen molar-refractivity contribution in [2.75, 3.05) is 0 Å². The van der Waals surface area contributed by atoms with Crippen LogP contribution in [0.4, 0.5) is 0 Å². The number of carbonyl (C=O) groups excluding carboxylic acids is 1. The van der Waals surface area contributed by atoms with Crippen LogP contribution < -0.4 is 0 Å². The summed E-state index contributed by atoms with van der Waals surface area (Å²) in [5.74, 6) is 0.909. The average molecular weight is 190 g/mol. The van der Waals surface area contributed by atoms with Gasteiger partial charge in [-0.2, -0.15) is 0 Å². The lowest BCUT2D eigenvalue weighted by Gasteiger charge is -2.30. The first-order valence-corrected chi connectivity index (χ1v) is 5.31. The van der Waals surface area contributed by atoms with E-state index in [-0.39, 0.29) is 5.41 Å². The summed E-state index contributed by atoms with van der Waals surface area (Å²) in [6.45, 7) is 0. The van der Waals surface area contributed by atoms with Gasteiger partial charge in [0.15, 0.2) is 0 Å². The predicted molar refractivity (Wildman–Crippen MR) is 52.6 cm³/mol. The first-order chi connectivity index (χ1) is 6.71. The molecule has 0 radical (unpaired) electrons. The van der Waals surface area contributed by atoms with Crippen LogP contribution in [0.25, 0.3) is 0 Å². The Hall–Kier alpha value is -0.890. The molecule has 3 aliphatic carbocycles. The van der Waals surface area contributed by atoms with E-state index in [4.69, 9.17) is 0 Å². The van der Waals surface area contributed by atoms with Gasteiger partial charge in [0.2, 0.25) is 0 Å². The maximum absolute atomic E-state index is 11.5. The van der Waals surface area contributed by atoms with Gasteiger partial charge >= 0.3 is 0 Å². The molecule has 74 valence electrons. The fourth-order valence-electron chi connectivity index (χ4n) is 3.37. The van der Waals surface area contributed by atoms with Gasteiger partial charge in [-0.25, -0.2) is 0 Å². The first-order valence-electron chi connectivity index (χ1n) is 5.31. The van der Waals surface area contributed by atoms with Gasteiger partial charge in [0.05, 0.1) is 6.10 Å². The van der Waals surface area contributed by atoms with Crippen LogP contribution >= 0.6 is 0 Å². The number of aliphatic hydroxyl groups is 1. The summed E-state index contributed by atoms with van der Waals surface area (Å²) < 4.78 is 0. The lowest BCUT2D eigenvalue weighted by atomic mass is 9.74. The van der Waals surface area contributed by atoms with Gasteiger partial charge in [0.1, 0.15) is 5.78 Å². The van der Waals surface area contributed by atoms with E-state index < -0.39 is 6.10 Å². The van der Waals surface area contributed by atoms with Crippen LogP contribution in [0.3, 0.4) is 0 Å². The molecule has 0 bridgehead atoms. The van der Waals surface area contributed by atoms with Gasteiger partial charge in [-0.3, -0.25) is 4.79 Å². The van der Waals surface area contributed by atoms with Crippen LogP contribution in [0.2, 0.25) is 0 Å². The second-order valence-corrected chi connectivity index (χ2v) is 4.74. The first kappa shape index (κ1) is 8.42. The van der Waals surface area contributed by atoms with Crippen LogP contribution in [-0.2, 0) is 4.79 Å². The zero-order valence-electron chi connectivity index (χ0n) is 8.07. The lowest BCUT2D eigenvalue weighted by Crippen LogP contribution is -2.24. The average Bonchev–Trinajstić information content (AvgIpc) is 2.60. The highest BCUT2D eigenvalue weighted by Crippen LogP contribution is 2.58. The van der Waals surface area contributed by atoms with Crippen LogP contribution in [-0.4, -0.2) is 17.0 Å². The van der Waals surface area contributed by atoms with Crippen molar-refractivity contribution in [3.63, 3.8) is 0 Å². The normalized spacial score (nSPS) is 44.9. The minimum absolute atomic E-state index is 0.0241. The molecule has 2 nitrogen and oxygen atoms in total. The molecule has 0 aliphatic heterocycles. The van der Waals surface area contributed by atoms with Crippen molar-refractivity contribution < 1.29 is 9.90 Å². The Bertz CT molecular complexity index is 353. The molecule has 1 N–H and O–H groups in total. The molecule has 0 aromatic rings. The van der Waals surface area contributed by atoms with E-state index >= 15 is 0 Å². The molecule has 0 saturated heterocycles. The van der Waals surface area contributed by atoms with Gasteiger partial charge < -0.3 is 5.11 Å². The third-order valence-electron chi connectivity index (χ3n) is 4.02. The van der Waals surface area contributed by atoms with Gasteiger partial charge in [-0.05, 0) is 18.8 Å². The molecule has 1 spiro atoms. The number of ketones is 1. The third-order valence-corrected chi connectivity index (χ3v) is 4.02. The fourth-order valence-corrected chi connectivity index (χ4v) is 3.37. The molecule has 3 unspecified atom stereocenters. The van der Waals surface area contributed by atoms with Crippen LogP contribution in [0, 0.1) is 11.3 Å². The number of allylic oxidation sites excluding steroid dienone is 2. The third kappa shape index (κ3) is 0.921. The molecule has 2 saturated carbocycles. The van der Waals surface area contributed by atoms with Crippen LogP contribution in [0.5, 0.6) is 0 Å². The highest BCUT2D eigenvalue weighted by atomic mass is 16.3. The fraction of sp³-hybridized carbons (Fsp3) is 0.583. The molecule has 14 heavy (non-hydrogen) atoms. The summed E-state index contributed by atoms with van der Waals surface area (Å²) >= 11 is 0. The summed E-state index contributed by atoms with van der Waals surface area (Å²) in [7, 11) is 0. The number of hydrogen-bond acceptors (Lipinski definition) is 2. The topological polar surface area (TPSA) is 37.3 Å². The van der Waals surface area contributed by atoms with E-state index in [1.165, 1.54) is 5.57 Å². The Morgan fingerprint density at radius 1 is 1.50 bits per heavy atom. The van der Waals surface area contributed by atoms with Crippen molar-refractivity contribution in [2.24, 2.45) is 11.3 Å². The number of aliphatic hydroxyl groups excluding tert-OH is 1. The number of carbonyl (C=O) groups is 1. The molecule has 0 aromatic heterocycles. The van der Waals surface area contributed by atoms with Crippen molar-refractivity contribution in [2.45, 2.75) is 31.8 Å². The summed E-state index contributed by atoms with van der Waals surface area (Å²) in [5.41, 5.74) is 1.33. The number of hydrogen-bond donors (Lipinski definition) is 1. The van der Waals surface area contributed by atoms with Gasteiger partial charge in [-0.1, -0.05) is 23.8 Å². The van der Waals surface area contributed by atoms with E-state index in [0.717, 1.165) is 19.3 Å². The van der Waals surface area contributed by atoms with E-state index in [1.807, 2.05) is 12.2 Å². The van der Waals surface area contributed by atoms with Crippen molar-refractivity contribution in [1.29, 1.82) is 0 Å². The molecular formula is C12H14O2. The molecule has 0 heterocycles. The Balaban J connectivity index is 2.06. The van der Waals surface area contributed by atoms with E-state index in [1.54, 1.807) is 0 Å². The highest BCUT2D eigenvalue weighted by Gasteiger charge is 2.51. The zero-order chi connectivity index (χ0) is 9.76. The molecule has 2 heteroatoms. The minimum Gasteiger partial charge on any atom is -0.385 e. The Kier molecular flexibility index (Phi) is 1.55. The maximum Gasteiger partial charge on any atom is 0.134 e. The van der Waals surface area contributed by atoms with Crippen LogP contribution in [0.15, 0.2) is 23.8 Å². The van der Waals surface area contributed by atoms with E-state index in [9.17, 15) is 9.90 Å². The van der Waals surface area contributed by atoms with Crippen molar-refractivity contribution >= 4 is 5.78 Å². The molecule has 3 rings (SSSR count). The van der Waals surface area contributed by atoms with Crippen molar-refractivity contribution in [3.05, 3.63) is 23.8 Å². The molecule has 0 amide bonds. The SMILES string of the molecule is O=C1CC2CCC3=CC(O)C=CC32C1. The van der Waals surface area contributed by atoms with Crippen molar-refractivity contribution in [1.82, 2.24) is 0 Å². The summed E-state index contributed by atoms with van der Waals surface area (Å²) in [6, 6.07) is 0. The highest BCUT2D eigenvalue weighted by molar-refractivity contribution is 5.84. The Morgan fingerprint density at radius 3 is 3.21 bits per heavy atom. The summed E-state index contributed by atoms with van der Waals surface area (Å²) in [4.78, 5) is 11.5. The second kappa shape index (κ2) is 2.57. The summed E-state index contributed by atoms with van der Waals surface area (Å²) in [5, 5.41) is 9.49. The summed E-state index contributed by atoms with van der Waals surface area (Å²) in [6.07, 6.45) is 9.05. The lowest BCUT2D eigenvalue weighted by molar-refractivity contribution is -0.117. The molecule has 3 aliphatic rings. The van der Waals surface area contributed by atoms with Gasteiger partial charge in [-0.15, -0.1) is 0 Å². The molecule has 0 aromatic carbocycles. The molecular weight excluding hydrogens is 176 g/mol. The standard InChI is InChI=1S/C12H14O2/c13-10-3-4-12-7-11(14)6-9(12)2-1-8(12)5-10/h3-5,9-10,13H,1-2,6-7H2. The smallest absolute Gasteiger partial charge is 0.134 e. The van der Waals surface area contributed by atoms with Crippen molar-refractivity contribution in [3.8, 4) is 0 Å². The minimum atomic E-state index is -0.426. The van der Waals surface area contributed by atoms with Gasteiger partial charge in [0, 0.05) is 18.3 Å². The number of Topliss-reactive ketones (excluding diaryl/α,β-unsaturated/α-hetero) is 1. The van der Waals surface area contributed by atoms with Crippen LogP contribution in [0.1, 0.15) is 25.7 Å². The second-order valence-electron chi connectivity index (χ2n) is 4.74. The predicted octanol–water partition coefficient (Wildman–Crippen LogP) is 1.60. The van der Waals surface area contributed by atoms with Gasteiger partial charge in [0.25, 0.3) is 0 Å². The quantitative estimate of drug-likeness (QED) is 0.589. The largest absolute Gasteiger partial charge is 0.385 e. The van der Waals surface area contributed by atoms with E-state index in [0.29, 0.717) is 18.1 Å². The Morgan fingerprint density at radius 2 is 2.36 bits per heavy atom. The monoisotopic (exact) mass is 190 g/mol. The molecule has 2 fully saturated rings.